The van der Waals surface area contributed by atoms with Gasteiger partial charge in [0.25, 0.3) is 0 Å². The molecule has 0 aromatic heterocycles. The molecule has 122 valence electrons. The third-order valence-electron chi connectivity index (χ3n) is 6.94. The van der Waals surface area contributed by atoms with Crippen LogP contribution >= 0.6 is 0 Å². The smallest absolute Gasteiger partial charge is 0.426 e. The first-order chi connectivity index (χ1) is 10.5. The molecule has 6 heteroatoms. The molecule has 1 amide bonds. The molecule has 0 unspecified atom stereocenters. The first kappa shape index (κ1) is 15.0. The Morgan fingerprint density at radius 3 is 2.18 bits per heavy atom. The number of carbonyl (C=O) groups excluding carboxylic acids is 1. The van der Waals surface area contributed by atoms with Gasteiger partial charge in [-0.05, 0) is 74.5 Å². The van der Waals surface area contributed by atoms with Crippen molar-refractivity contribution in [3.8, 4) is 0 Å². The van der Waals surface area contributed by atoms with E-state index in [-0.39, 0.29) is 11.3 Å². The molecule has 0 spiro atoms. The third kappa shape index (κ3) is 2.22. The topological polar surface area (TPSA) is 86.8 Å². The number of rotatable bonds is 3. The van der Waals surface area contributed by atoms with E-state index in [4.69, 9.17) is 5.73 Å². The molecule has 0 aromatic rings. The molecule has 5 nitrogen and oxygen atoms in total. The summed E-state index contributed by atoms with van der Waals surface area (Å²) in [6, 6.07) is -0.458. The average Bonchev–Trinajstić information content (AvgIpc) is 2.93. The molecule has 1 heterocycles. The normalized spacial score (nSPS) is 44.4. The summed E-state index contributed by atoms with van der Waals surface area (Å²) in [7, 11) is -1.45. The Morgan fingerprint density at radius 1 is 1.14 bits per heavy atom. The molecule has 0 aromatic carbocycles. The SMILES string of the molecule is N[C@H](C(=O)N1CCC[C@H]1B(O)O)C12CC3CC(CC(C3)C1)C2. The number of hydrogen-bond donors (Lipinski definition) is 3. The van der Waals surface area contributed by atoms with Crippen molar-refractivity contribution in [3.05, 3.63) is 0 Å². The van der Waals surface area contributed by atoms with Gasteiger partial charge in [-0.1, -0.05) is 0 Å². The molecule has 5 fully saturated rings. The van der Waals surface area contributed by atoms with Crippen molar-refractivity contribution in [1.29, 1.82) is 0 Å². The minimum Gasteiger partial charge on any atom is -0.426 e. The Morgan fingerprint density at radius 2 is 1.68 bits per heavy atom. The summed E-state index contributed by atoms with van der Waals surface area (Å²) in [6.45, 7) is 0.612. The molecule has 1 aliphatic heterocycles. The highest BCUT2D eigenvalue weighted by Gasteiger charge is 2.56. The summed E-state index contributed by atoms with van der Waals surface area (Å²) < 4.78 is 0. The summed E-state index contributed by atoms with van der Waals surface area (Å²) in [5.74, 6) is 1.79. The second-order valence-electron chi connectivity index (χ2n) is 8.41. The zero-order valence-electron chi connectivity index (χ0n) is 13.2. The van der Waals surface area contributed by atoms with Gasteiger partial charge in [0.1, 0.15) is 0 Å². The van der Waals surface area contributed by atoms with Crippen molar-refractivity contribution in [2.24, 2.45) is 28.9 Å². The zero-order valence-corrected chi connectivity index (χ0v) is 13.2. The average molecular weight is 306 g/mol. The molecule has 4 saturated carbocycles. The fraction of sp³-hybridized carbons (Fsp3) is 0.938. The monoisotopic (exact) mass is 306 g/mol. The number of hydrogen-bond acceptors (Lipinski definition) is 4. The first-order valence-electron chi connectivity index (χ1n) is 8.91. The van der Waals surface area contributed by atoms with Crippen LogP contribution in [0.2, 0.25) is 0 Å². The summed E-state index contributed by atoms with van der Waals surface area (Å²) in [5, 5.41) is 19.0. The van der Waals surface area contributed by atoms with Crippen LogP contribution in [0.3, 0.4) is 0 Å². The van der Waals surface area contributed by atoms with Gasteiger partial charge >= 0.3 is 7.12 Å². The van der Waals surface area contributed by atoms with E-state index in [1.165, 1.54) is 19.3 Å². The minimum atomic E-state index is -1.45. The van der Waals surface area contributed by atoms with Crippen LogP contribution in [0.1, 0.15) is 51.4 Å². The quantitative estimate of drug-likeness (QED) is 0.664. The third-order valence-corrected chi connectivity index (χ3v) is 6.94. The van der Waals surface area contributed by atoms with Crippen LogP contribution in [0.15, 0.2) is 0 Å². The first-order valence-corrected chi connectivity index (χ1v) is 8.91. The Labute approximate surface area is 132 Å². The van der Waals surface area contributed by atoms with Gasteiger partial charge in [0.15, 0.2) is 0 Å². The van der Waals surface area contributed by atoms with Crippen LogP contribution < -0.4 is 5.73 Å². The standard InChI is InChI=1S/C16H27BN2O3/c18-14(15(20)19-3-1-2-13(19)17(21)22)16-7-10-4-11(8-16)6-12(5-10)9-16/h10-14,21-22H,1-9,18H2/t10?,11?,12?,13-,14+,16?/m0/s1. The van der Waals surface area contributed by atoms with E-state index in [0.717, 1.165) is 43.4 Å². The van der Waals surface area contributed by atoms with Crippen molar-refractivity contribution >= 4 is 13.0 Å². The van der Waals surface area contributed by atoms with Crippen molar-refractivity contribution in [3.63, 3.8) is 0 Å². The summed E-state index contributed by atoms with van der Waals surface area (Å²) in [5.41, 5.74) is 6.49. The van der Waals surface area contributed by atoms with E-state index < -0.39 is 19.1 Å². The Kier molecular flexibility index (Phi) is 3.55. The molecular weight excluding hydrogens is 279 g/mol. The van der Waals surface area contributed by atoms with Gasteiger partial charge in [-0.25, -0.2) is 0 Å². The van der Waals surface area contributed by atoms with Gasteiger partial charge in [0.2, 0.25) is 5.91 Å². The molecule has 2 atom stereocenters. The highest BCUT2D eigenvalue weighted by molar-refractivity contribution is 6.43. The number of likely N-dealkylation sites (tertiary alicyclic amines) is 1. The largest absolute Gasteiger partial charge is 0.475 e. The fourth-order valence-corrected chi connectivity index (χ4v) is 6.38. The molecule has 1 saturated heterocycles. The Bertz CT molecular complexity index is 435. The zero-order chi connectivity index (χ0) is 15.5. The van der Waals surface area contributed by atoms with Gasteiger partial charge in [-0.3, -0.25) is 4.79 Å². The predicted octanol–water partition coefficient (Wildman–Crippen LogP) is 0.533. The van der Waals surface area contributed by atoms with Gasteiger partial charge in [0, 0.05) is 6.54 Å². The van der Waals surface area contributed by atoms with Crippen LogP contribution in [-0.4, -0.2) is 46.5 Å². The van der Waals surface area contributed by atoms with E-state index in [0.29, 0.717) is 13.0 Å². The van der Waals surface area contributed by atoms with Crippen molar-refractivity contribution in [2.45, 2.75) is 63.3 Å². The lowest BCUT2D eigenvalue weighted by Gasteiger charge is -2.58. The van der Waals surface area contributed by atoms with Gasteiger partial charge in [0.05, 0.1) is 12.0 Å². The second-order valence-corrected chi connectivity index (χ2v) is 8.41. The van der Waals surface area contributed by atoms with Crippen LogP contribution in [0.25, 0.3) is 0 Å². The molecule has 4 bridgehead atoms. The second kappa shape index (κ2) is 5.21. The van der Waals surface area contributed by atoms with E-state index in [1.54, 1.807) is 4.90 Å². The highest BCUT2D eigenvalue weighted by atomic mass is 16.4. The predicted molar refractivity (Wildman–Crippen MR) is 83.5 cm³/mol. The van der Waals surface area contributed by atoms with E-state index in [2.05, 4.69) is 0 Å². The van der Waals surface area contributed by atoms with Crippen LogP contribution in [0.4, 0.5) is 0 Å². The molecular formula is C16H27BN2O3. The van der Waals surface area contributed by atoms with Gasteiger partial charge in [-0.15, -0.1) is 0 Å². The maximum absolute atomic E-state index is 13.0. The minimum absolute atomic E-state index is 0.0145. The fourth-order valence-electron chi connectivity index (χ4n) is 6.38. The summed E-state index contributed by atoms with van der Waals surface area (Å²) in [6.07, 6.45) is 8.81. The van der Waals surface area contributed by atoms with Crippen molar-refractivity contribution in [2.75, 3.05) is 6.54 Å². The van der Waals surface area contributed by atoms with Crippen LogP contribution in [0.5, 0.6) is 0 Å². The van der Waals surface area contributed by atoms with Crippen LogP contribution in [0, 0.1) is 23.2 Å². The molecule has 4 aliphatic carbocycles. The number of carbonyl (C=O) groups is 1. The lowest BCUT2D eigenvalue weighted by atomic mass is 9.47. The lowest BCUT2D eigenvalue weighted by Crippen LogP contribution is -2.61. The molecule has 4 N–H and O–H groups in total. The van der Waals surface area contributed by atoms with Gasteiger partial charge < -0.3 is 20.7 Å². The number of amides is 1. The van der Waals surface area contributed by atoms with E-state index >= 15 is 0 Å². The van der Waals surface area contributed by atoms with E-state index in [9.17, 15) is 14.8 Å². The Balaban J connectivity index is 1.54. The van der Waals surface area contributed by atoms with Crippen molar-refractivity contribution < 1.29 is 14.8 Å². The number of nitrogens with two attached hydrogens (primary N) is 1. The van der Waals surface area contributed by atoms with Crippen LogP contribution in [-0.2, 0) is 4.79 Å². The summed E-state index contributed by atoms with van der Waals surface area (Å²) in [4.78, 5) is 14.6. The van der Waals surface area contributed by atoms with Gasteiger partial charge in [-0.2, -0.15) is 0 Å². The van der Waals surface area contributed by atoms with E-state index in [1.807, 2.05) is 0 Å². The van der Waals surface area contributed by atoms with Crippen molar-refractivity contribution in [1.82, 2.24) is 4.90 Å². The number of nitrogens with zero attached hydrogens (tertiary/aromatic N) is 1. The molecule has 22 heavy (non-hydrogen) atoms. The lowest BCUT2D eigenvalue weighted by molar-refractivity contribution is -0.143. The Hall–Kier alpha value is -0.585. The maximum Gasteiger partial charge on any atom is 0.475 e. The molecule has 0 radical (unpaired) electrons. The molecule has 5 rings (SSSR count). The molecule has 5 aliphatic rings. The highest BCUT2D eigenvalue weighted by Crippen LogP contribution is 2.61. The summed E-state index contributed by atoms with van der Waals surface area (Å²) >= 11 is 0. The maximum atomic E-state index is 13.0.